The van der Waals surface area contributed by atoms with E-state index in [9.17, 15) is 5.11 Å². The first-order chi connectivity index (χ1) is 10.9. The van der Waals surface area contributed by atoms with Crippen LogP contribution in [0, 0.1) is 11.8 Å². The minimum absolute atomic E-state index is 0.133. The predicted octanol–water partition coefficient (Wildman–Crippen LogP) is 5.82. The molecule has 128 valence electrons. The molecule has 0 spiro atoms. The van der Waals surface area contributed by atoms with Gasteiger partial charge in [0.05, 0.1) is 0 Å². The highest BCUT2D eigenvalue weighted by atomic mass is 16.5. The normalized spacial score (nSPS) is 28.6. The van der Waals surface area contributed by atoms with E-state index >= 15 is 0 Å². The molecule has 2 aliphatic rings. The minimum Gasteiger partial charge on any atom is -0.508 e. The fourth-order valence-corrected chi connectivity index (χ4v) is 4.74. The summed E-state index contributed by atoms with van der Waals surface area (Å²) in [7, 11) is 0. The molecule has 0 amide bonds. The largest absolute Gasteiger partial charge is 0.508 e. The molecule has 1 N–H and O–H groups in total. The van der Waals surface area contributed by atoms with E-state index in [-0.39, 0.29) is 5.60 Å². The summed E-state index contributed by atoms with van der Waals surface area (Å²) in [5.74, 6) is 3.11. The van der Waals surface area contributed by atoms with Crippen LogP contribution in [0.1, 0.15) is 83.3 Å². The van der Waals surface area contributed by atoms with Crippen LogP contribution in [0.3, 0.4) is 0 Å². The number of ether oxygens (including phenoxy) is 1. The zero-order chi connectivity index (χ0) is 16.6. The van der Waals surface area contributed by atoms with Gasteiger partial charge in [0, 0.05) is 11.5 Å². The molecule has 23 heavy (non-hydrogen) atoms. The maximum absolute atomic E-state index is 10.7. The van der Waals surface area contributed by atoms with E-state index in [2.05, 4.69) is 33.8 Å². The predicted molar refractivity (Wildman–Crippen MR) is 95.3 cm³/mol. The number of aromatic hydroxyl groups is 1. The highest BCUT2D eigenvalue weighted by Crippen LogP contribution is 2.55. The summed E-state index contributed by atoms with van der Waals surface area (Å²) in [6.45, 7) is 9.02. The van der Waals surface area contributed by atoms with Crippen LogP contribution in [0.25, 0.3) is 0 Å². The molecule has 1 aliphatic heterocycles. The number of aryl methyl sites for hydroxylation is 1. The Bertz CT molecular complexity index is 561. The van der Waals surface area contributed by atoms with Crippen molar-refractivity contribution in [3.63, 3.8) is 0 Å². The number of hydrogen-bond donors (Lipinski definition) is 1. The van der Waals surface area contributed by atoms with Crippen molar-refractivity contribution in [3.05, 3.63) is 23.3 Å². The summed E-state index contributed by atoms with van der Waals surface area (Å²) < 4.78 is 6.39. The van der Waals surface area contributed by atoms with Crippen LogP contribution in [0.15, 0.2) is 12.1 Å². The van der Waals surface area contributed by atoms with Gasteiger partial charge in [0.15, 0.2) is 0 Å². The van der Waals surface area contributed by atoms with Crippen molar-refractivity contribution in [3.8, 4) is 11.5 Å². The summed E-state index contributed by atoms with van der Waals surface area (Å²) >= 11 is 0. The van der Waals surface area contributed by atoms with Crippen molar-refractivity contribution in [1.82, 2.24) is 0 Å². The molecule has 0 bridgehead atoms. The fraction of sp³-hybridized carbons (Fsp3) is 0.714. The van der Waals surface area contributed by atoms with Crippen molar-refractivity contribution < 1.29 is 9.84 Å². The Morgan fingerprint density at radius 1 is 1.22 bits per heavy atom. The second-order valence-electron chi connectivity index (χ2n) is 8.32. The van der Waals surface area contributed by atoms with Gasteiger partial charge in [-0.25, -0.2) is 0 Å². The number of phenolic OH excluding ortho intramolecular Hbond substituents is 1. The van der Waals surface area contributed by atoms with Crippen molar-refractivity contribution >= 4 is 0 Å². The second-order valence-corrected chi connectivity index (χ2v) is 8.32. The second kappa shape index (κ2) is 6.37. The Morgan fingerprint density at radius 2 is 2.00 bits per heavy atom. The SMILES string of the molecule is CCCCCc1cc(O)c2c(c1)OC(C)(C)[C@H]1CC[C@@H](C)C[C@@H]21. The fourth-order valence-electron chi connectivity index (χ4n) is 4.74. The molecule has 0 unspecified atom stereocenters. The van der Waals surface area contributed by atoms with Crippen LogP contribution in [0.5, 0.6) is 11.5 Å². The molecule has 3 rings (SSSR count). The van der Waals surface area contributed by atoms with Gasteiger partial charge in [-0.15, -0.1) is 0 Å². The molecular weight excluding hydrogens is 284 g/mol. The lowest BCUT2D eigenvalue weighted by Gasteiger charge is -2.48. The van der Waals surface area contributed by atoms with E-state index in [0.717, 1.165) is 23.7 Å². The van der Waals surface area contributed by atoms with E-state index in [1.807, 2.05) is 6.07 Å². The lowest BCUT2D eigenvalue weighted by molar-refractivity contribution is -0.0145. The smallest absolute Gasteiger partial charge is 0.127 e. The maximum atomic E-state index is 10.7. The van der Waals surface area contributed by atoms with Gasteiger partial charge >= 0.3 is 0 Å². The molecule has 1 heterocycles. The van der Waals surface area contributed by atoms with Gasteiger partial charge in [-0.3, -0.25) is 0 Å². The molecule has 3 atom stereocenters. The van der Waals surface area contributed by atoms with E-state index in [1.54, 1.807) is 0 Å². The number of unbranched alkanes of at least 4 members (excludes halogenated alkanes) is 2. The van der Waals surface area contributed by atoms with Crippen LogP contribution in [0.2, 0.25) is 0 Å². The third-order valence-electron chi connectivity index (χ3n) is 6.00. The summed E-state index contributed by atoms with van der Waals surface area (Å²) in [6.07, 6.45) is 8.33. The van der Waals surface area contributed by atoms with Crippen molar-refractivity contribution in [1.29, 1.82) is 0 Å². The Hall–Kier alpha value is -1.18. The van der Waals surface area contributed by atoms with E-state index in [1.165, 1.54) is 44.1 Å². The number of hydrogen-bond acceptors (Lipinski definition) is 2. The van der Waals surface area contributed by atoms with Crippen molar-refractivity contribution in [2.75, 3.05) is 0 Å². The number of benzene rings is 1. The van der Waals surface area contributed by atoms with Crippen LogP contribution >= 0.6 is 0 Å². The lowest BCUT2D eigenvalue weighted by atomic mass is 9.64. The average Bonchev–Trinajstić information content (AvgIpc) is 2.46. The first kappa shape index (κ1) is 16.7. The quantitative estimate of drug-likeness (QED) is 0.710. The zero-order valence-corrected chi connectivity index (χ0v) is 15.2. The van der Waals surface area contributed by atoms with Gasteiger partial charge in [0.25, 0.3) is 0 Å². The van der Waals surface area contributed by atoms with E-state index < -0.39 is 0 Å². The summed E-state index contributed by atoms with van der Waals surface area (Å²) in [6, 6.07) is 4.19. The Balaban J connectivity index is 1.94. The van der Waals surface area contributed by atoms with E-state index in [0.29, 0.717) is 17.6 Å². The van der Waals surface area contributed by atoms with Gasteiger partial charge in [0.1, 0.15) is 17.1 Å². The number of fused-ring (bicyclic) bond motifs is 3. The third-order valence-corrected chi connectivity index (χ3v) is 6.00. The zero-order valence-electron chi connectivity index (χ0n) is 15.2. The van der Waals surface area contributed by atoms with Crippen molar-refractivity contribution in [2.45, 2.75) is 84.2 Å². The summed E-state index contributed by atoms with van der Waals surface area (Å²) in [5, 5.41) is 10.7. The molecule has 0 aromatic heterocycles. The van der Waals surface area contributed by atoms with Crippen LogP contribution in [0.4, 0.5) is 0 Å². The third kappa shape index (κ3) is 3.22. The average molecular weight is 316 g/mol. The maximum Gasteiger partial charge on any atom is 0.127 e. The minimum atomic E-state index is -0.133. The highest BCUT2D eigenvalue weighted by Gasteiger charge is 2.47. The Kier molecular flexibility index (Phi) is 4.62. The first-order valence-electron chi connectivity index (χ1n) is 9.47. The summed E-state index contributed by atoms with van der Waals surface area (Å²) in [5.41, 5.74) is 2.17. The van der Waals surface area contributed by atoms with Crippen LogP contribution < -0.4 is 4.74 Å². The van der Waals surface area contributed by atoms with Crippen molar-refractivity contribution in [2.24, 2.45) is 11.8 Å². The molecule has 0 radical (unpaired) electrons. The van der Waals surface area contributed by atoms with Gasteiger partial charge in [-0.05, 0) is 69.1 Å². The molecule has 2 heteroatoms. The lowest BCUT2D eigenvalue weighted by Crippen LogP contribution is -2.46. The standard InChI is InChI=1S/C21H32O2/c1-5-6-7-8-15-12-18(22)20-16-11-14(2)9-10-17(16)21(3,4)23-19(20)13-15/h12-14,16-17,22H,5-11H2,1-4H3/t14-,16-,17+/m1/s1. The van der Waals surface area contributed by atoms with Crippen LogP contribution in [-0.4, -0.2) is 10.7 Å². The molecule has 1 saturated carbocycles. The first-order valence-corrected chi connectivity index (χ1v) is 9.47. The van der Waals surface area contributed by atoms with Crippen LogP contribution in [-0.2, 0) is 6.42 Å². The number of rotatable bonds is 4. The highest BCUT2D eigenvalue weighted by molar-refractivity contribution is 5.52. The number of phenols is 1. The molecule has 1 fully saturated rings. The van der Waals surface area contributed by atoms with Gasteiger partial charge in [-0.1, -0.05) is 33.1 Å². The van der Waals surface area contributed by atoms with Gasteiger partial charge in [-0.2, -0.15) is 0 Å². The Morgan fingerprint density at radius 3 is 2.74 bits per heavy atom. The molecule has 0 saturated heterocycles. The monoisotopic (exact) mass is 316 g/mol. The molecule has 2 nitrogen and oxygen atoms in total. The molecule has 1 aromatic rings. The van der Waals surface area contributed by atoms with Gasteiger partial charge in [0.2, 0.25) is 0 Å². The summed E-state index contributed by atoms with van der Waals surface area (Å²) in [4.78, 5) is 0. The van der Waals surface area contributed by atoms with E-state index in [4.69, 9.17) is 4.74 Å². The topological polar surface area (TPSA) is 29.5 Å². The molecular formula is C21H32O2. The van der Waals surface area contributed by atoms with Gasteiger partial charge < -0.3 is 9.84 Å². The molecule has 1 aromatic carbocycles. The Labute approximate surface area is 141 Å². The molecule has 1 aliphatic carbocycles.